The van der Waals surface area contributed by atoms with E-state index in [4.69, 9.17) is 0 Å². The quantitative estimate of drug-likeness (QED) is 0.762. The van der Waals surface area contributed by atoms with E-state index in [0.29, 0.717) is 5.92 Å². The van der Waals surface area contributed by atoms with Crippen LogP contribution < -0.4 is 5.32 Å². The van der Waals surface area contributed by atoms with Gasteiger partial charge >= 0.3 is 0 Å². The number of rotatable bonds is 1. The van der Waals surface area contributed by atoms with Crippen molar-refractivity contribution in [3.05, 3.63) is 36.4 Å². The first-order chi connectivity index (χ1) is 7.45. The van der Waals surface area contributed by atoms with Gasteiger partial charge in [-0.05, 0) is 31.5 Å². The molecule has 1 fully saturated rings. The van der Waals surface area contributed by atoms with Gasteiger partial charge in [0.1, 0.15) is 5.82 Å². The molecule has 0 aliphatic carbocycles. The minimum Gasteiger partial charge on any atom is -0.316 e. The molecule has 1 aliphatic rings. The minimum absolute atomic E-state index is 0.573. The van der Waals surface area contributed by atoms with Crippen molar-refractivity contribution in [2.24, 2.45) is 0 Å². The minimum atomic E-state index is 0.573. The van der Waals surface area contributed by atoms with Gasteiger partial charge in [0.15, 0.2) is 0 Å². The van der Waals surface area contributed by atoms with Gasteiger partial charge in [-0.2, -0.15) is 0 Å². The fourth-order valence-corrected chi connectivity index (χ4v) is 2.34. The molecule has 1 N–H and O–H groups in total. The van der Waals surface area contributed by atoms with E-state index < -0.39 is 0 Å². The number of nitrogens with zero attached hydrogens (tertiary/aromatic N) is 2. The molecule has 3 heteroatoms. The third-order valence-corrected chi connectivity index (χ3v) is 3.13. The van der Waals surface area contributed by atoms with Crippen molar-refractivity contribution in [2.45, 2.75) is 18.8 Å². The van der Waals surface area contributed by atoms with Gasteiger partial charge in [0, 0.05) is 18.7 Å². The first kappa shape index (κ1) is 8.92. The molecule has 0 bridgehead atoms. The molecule has 1 atom stereocenters. The average molecular weight is 201 g/mol. The van der Waals surface area contributed by atoms with Crippen molar-refractivity contribution >= 4 is 5.52 Å². The molecule has 2 aromatic rings. The Morgan fingerprint density at radius 3 is 3.27 bits per heavy atom. The Kier molecular flexibility index (Phi) is 2.18. The fraction of sp³-hybridized carbons (Fsp3) is 0.417. The molecule has 0 saturated carbocycles. The number of hydrogen-bond acceptors (Lipinski definition) is 2. The molecule has 0 amide bonds. The standard InChI is InChI=1S/C12H15N3/c1-2-7-15-11(5-1)9-14-12(15)10-4-3-6-13-8-10/h1-2,5,7,9-10,13H,3-4,6,8H2/t10-/m0/s1. The highest BCUT2D eigenvalue weighted by Gasteiger charge is 2.18. The predicted molar refractivity (Wildman–Crippen MR) is 60.0 cm³/mol. The van der Waals surface area contributed by atoms with Gasteiger partial charge in [-0.25, -0.2) is 4.98 Å². The second kappa shape index (κ2) is 3.66. The van der Waals surface area contributed by atoms with Crippen molar-refractivity contribution in [1.82, 2.24) is 14.7 Å². The van der Waals surface area contributed by atoms with Crippen LogP contribution in [0.25, 0.3) is 5.52 Å². The van der Waals surface area contributed by atoms with Gasteiger partial charge in [0.25, 0.3) is 0 Å². The van der Waals surface area contributed by atoms with E-state index in [0.717, 1.165) is 13.1 Å². The van der Waals surface area contributed by atoms with Crippen molar-refractivity contribution < 1.29 is 0 Å². The van der Waals surface area contributed by atoms with Gasteiger partial charge in [-0.3, -0.25) is 0 Å². The summed E-state index contributed by atoms with van der Waals surface area (Å²) in [4.78, 5) is 4.54. The molecule has 15 heavy (non-hydrogen) atoms. The fourth-order valence-electron chi connectivity index (χ4n) is 2.34. The van der Waals surface area contributed by atoms with Gasteiger partial charge < -0.3 is 9.72 Å². The lowest BCUT2D eigenvalue weighted by atomic mass is 9.99. The van der Waals surface area contributed by atoms with E-state index in [1.807, 2.05) is 6.20 Å². The maximum Gasteiger partial charge on any atom is 0.117 e. The molecular formula is C12H15N3. The number of piperidine rings is 1. The Hall–Kier alpha value is -1.35. The Morgan fingerprint density at radius 1 is 1.40 bits per heavy atom. The van der Waals surface area contributed by atoms with Crippen LogP contribution in [0.2, 0.25) is 0 Å². The van der Waals surface area contributed by atoms with Crippen molar-refractivity contribution in [3.8, 4) is 0 Å². The normalized spacial score (nSPS) is 22.0. The van der Waals surface area contributed by atoms with Crippen LogP contribution in [0, 0.1) is 0 Å². The van der Waals surface area contributed by atoms with Crippen LogP contribution in [0.4, 0.5) is 0 Å². The molecule has 0 aromatic carbocycles. The van der Waals surface area contributed by atoms with E-state index in [2.05, 4.69) is 39.1 Å². The summed E-state index contributed by atoms with van der Waals surface area (Å²) in [5, 5.41) is 3.43. The Balaban J connectivity index is 2.02. The molecular weight excluding hydrogens is 186 g/mol. The van der Waals surface area contributed by atoms with Crippen LogP contribution in [0.1, 0.15) is 24.6 Å². The SMILES string of the molecule is c1ccn2c([C@H]3CCCNC3)ncc2c1. The summed E-state index contributed by atoms with van der Waals surface area (Å²) in [5.41, 5.74) is 1.19. The summed E-state index contributed by atoms with van der Waals surface area (Å²) in [6.45, 7) is 2.22. The van der Waals surface area contributed by atoms with E-state index in [1.165, 1.54) is 24.2 Å². The average Bonchev–Trinajstić information content (AvgIpc) is 2.74. The zero-order valence-electron chi connectivity index (χ0n) is 8.69. The van der Waals surface area contributed by atoms with Crippen LogP contribution >= 0.6 is 0 Å². The maximum absolute atomic E-state index is 4.54. The Morgan fingerprint density at radius 2 is 2.40 bits per heavy atom. The number of hydrogen-bond donors (Lipinski definition) is 1. The topological polar surface area (TPSA) is 29.3 Å². The lowest BCUT2D eigenvalue weighted by Gasteiger charge is -2.21. The summed E-state index contributed by atoms with van der Waals surface area (Å²) >= 11 is 0. The molecule has 3 rings (SSSR count). The van der Waals surface area contributed by atoms with Crippen LogP contribution in [-0.4, -0.2) is 22.5 Å². The van der Waals surface area contributed by atoms with Crippen LogP contribution in [-0.2, 0) is 0 Å². The van der Waals surface area contributed by atoms with Crippen molar-refractivity contribution in [3.63, 3.8) is 0 Å². The molecule has 2 aromatic heterocycles. The van der Waals surface area contributed by atoms with Crippen LogP contribution in [0.15, 0.2) is 30.6 Å². The lowest BCUT2D eigenvalue weighted by molar-refractivity contribution is 0.445. The van der Waals surface area contributed by atoms with E-state index in [-0.39, 0.29) is 0 Å². The predicted octanol–water partition coefficient (Wildman–Crippen LogP) is 1.80. The number of fused-ring (bicyclic) bond motifs is 1. The van der Waals surface area contributed by atoms with Crippen LogP contribution in [0.3, 0.4) is 0 Å². The molecule has 1 saturated heterocycles. The molecule has 0 unspecified atom stereocenters. The second-order valence-corrected chi connectivity index (χ2v) is 4.16. The molecule has 1 aliphatic heterocycles. The summed E-state index contributed by atoms with van der Waals surface area (Å²) < 4.78 is 2.21. The second-order valence-electron chi connectivity index (χ2n) is 4.16. The van der Waals surface area contributed by atoms with Crippen molar-refractivity contribution in [2.75, 3.05) is 13.1 Å². The van der Waals surface area contributed by atoms with E-state index in [9.17, 15) is 0 Å². The van der Waals surface area contributed by atoms with Crippen LogP contribution in [0.5, 0.6) is 0 Å². The zero-order chi connectivity index (χ0) is 10.1. The lowest BCUT2D eigenvalue weighted by Crippen LogP contribution is -2.29. The van der Waals surface area contributed by atoms with E-state index >= 15 is 0 Å². The van der Waals surface area contributed by atoms with Gasteiger partial charge in [-0.1, -0.05) is 6.07 Å². The zero-order valence-corrected chi connectivity index (χ0v) is 8.69. The summed E-state index contributed by atoms with van der Waals surface area (Å²) in [5.74, 6) is 1.78. The number of pyridine rings is 1. The van der Waals surface area contributed by atoms with E-state index in [1.54, 1.807) is 0 Å². The summed E-state index contributed by atoms with van der Waals surface area (Å²) in [7, 11) is 0. The molecule has 0 radical (unpaired) electrons. The number of nitrogens with one attached hydrogen (secondary N) is 1. The highest BCUT2D eigenvalue weighted by atomic mass is 15.0. The molecule has 0 spiro atoms. The monoisotopic (exact) mass is 201 g/mol. The maximum atomic E-state index is 4.54. The Labute approximate surface area is 89.1 Å². The third kappa shape index (κ3) is 1.53. The number of imidazole rings is 1. The summed E-state index contributed by atoms with van der Waals surface area (Å²) in [6, 6.07) is 6.22. The van der Waals surface area contributed by atoms with Gasteiger partial charge in [0.2, 0.25) is 0 Å². The van der Waals surface area contributed by atoms with Gasteiger partial charge in [0.05, 0.1) is 11.7 Å². The first-order valence-corrected chi connectivity index (χ1v) is 5.58. The highest BCUT2D eigenvalue weighted by Crippen LogP contribution is 2.22. The smallest absolute Gasteiger partial charge is 0.117 e. The highest BCUT2D eigenvalue weighted by molar-refractivity contribution is 5.45. The first-order valence-electron chi connectivity index (χ1n) is 5.58. The summed E-state index contributed by atoms with van der Waals surface area (Å²) in [6.07, 6.45) is 6.57. The largest absolute Gasteiger partial charge is 0.316 e. The van der Waals surface area contributed by atoms with Gasteiger partial charge in [-0.15, -0.1) is 0 Å². The molecule has 3 nitrogen and oxygen atoms in total. The molecule has 78 valence electrons. The Bertz CT molecular complexity index is 455. The van der Waals surface area contributed by atoms with Crippen molar-refractivity contribution in [1.29, 1.82) is 0 Å². The number of aromatic nitrogens is 2. The third-order valence-electron chi connectivity index (χ3n) is 3.13. The molecule has 3 heterocycles.